The Bertz CT molecular complexity index is 711. The van der Waals surface area contributed by atoms with E-state index >= 15 is 0 Å². The van der Waals surface area contributed by atoms with E-state index in [4.69, 9.17) is 4.74 Å². The van der Waals surface area contributed by atoms with Crippen molar-refractivity contribution < 1.29 is 24.5 Å². The molecule has 0 amide bonds. The van der Waals surface area contributed by atoms with Gasteiger partial charge in [0.25, 0.3) is 0 Å². The topological polar surface area (TPSA) is 83.8 Å². The molecular formula is C22H32O5. The van der Waals surface area contributed by atoms with Crippen LogP contribution in [0.3, 0.4) is 0 Å². The average Bonchev–Trinajstić information content (AvgIpc) is 2.56. The zero-order valence-corrected chi connectivity index (χ0v) is 16.8. The first-order chi connectivity index (χ1) is 12.5. The van der Waals surface area contributed by atoms with Crippen LogP contribution in [-0.2, 0) is 14.3 Å². The molecule has 3 fully saturated rings. The minimum Gasteiger partial charge on any atom is -0.463 e. The van der Waals surface area contributed by atoms with Gasteiger partial charge in [-0.15, -0.1) is 0 Å². The lowest BCUT2D eigenvalue weighted by molar-refractivity contribution is -0.213. The number of Topliss-reactive ketones (excluding diaryl/α,β-unsaturated/α-hetero) is 1. The van der Waals surface area contributed by atoms with Crippen LogP contribution in [0.4, 0.5) is 0 Å². The lowest BCUT2D eigenvalue weighted by atomic mass is 9.37. The molecule has 0 aliphatic heterocycles. The van der Waals surface area contributed by atoms with Crippen LogP contribution in [0.2, 0.25) is 0 Å². The van der Waals surface area contributed by atoms with E-state index in [9.17, 15) is 19.8 Å². The average molecular weight is 376 g/mol. The van der Waals surface area contributed by atoms with Crippen LogP contribution < -0.4 is 0 Å². The van der Waals surface area contributed by atoms with Crippen molar-refractivity contribution in [3.63, 3.8) is 0 Å². The Morgan fingerprint density at radius 3 is 2.63 bits per heavy atom. The van der Waals surface area contributed by atoms with E-state index in [2.05, 4.69) is 26.8 Å². The van der Waals surface area contributed by atoms with Crippen LogP contribution in [-0.4, -0.2) is 40.3 Å². The maximum Gasteiger partial charge on any atom is 0.302 e. The summed E-state index contributed by atoms with van der Waals surface area (Å²) in [6, 6.07) is 0. The van der Waals surface area contributed by atoms with E-state index < -0.39 is 17.5 Å². The normalized spacial score (nSPS) is 50.1. The molecule has 0 aromatic carbocycles. The SMILES string of the molecule is CC(=O)OC[C@]1(O)C[C@]23C=C[C@H]1C(=O)[C@H]2[C@]1(C)CC[C@@H](O)C(C)(C)[C@H]1CC3. The number of ether oxygens (including phenoxy) is 1. The van der Waals surface area contributed by atoms with Crippen LogP contribution in [0.25, 0.3) is 0 Å². The highest BCUT2D eigenvalue weighted by Crippen LogP contribution is 2.70. The molecule has 0 heterocycles. The Kier molecular flexibility index (Phi) is 4.01. The van der Waals surface area contributed by atoms with Gasteiger partial charge in [0.05, 0.1) is 12.0 Å². The van der Waals surface area contributed by atoms with Crippen molar-refractivity contribution in [1.29, 1.82) is 0 Å². The molecule has 0 saturated heterocycles. The zero-order chi connectivity index (χ0) is 19.8. The quantitative estimate of drug-likeness (QED) is 0.572. The second-order valence-corrected chi connectivity index (χ2v) is 10.4. The van der Waals surface area contributed by atoms with Gasteiger partial charge in [0.2, 0.25) is 0 Å². The molecule has 0 aromatic heterocycles. The molecule has 5 aliphatic carbocycles. The number of ketones is 1. The Morgan fingerprint density at radius 2 is 1.96 bits per heavy atom. The van der Waals surface area contributed by atoms with Crippen molar-refractivity contribution in [3.05, 3.63) is 12.2 Å². The van der Waals surface area contributed by atoms with Gasteiger partial charge in [-0.2, -0.15) is 0 Å². The summed E-state index contributed by atoms with van der Waals surface area (Å²) in [4.78, 5) is 24.9. The summed E-state index contributed by atoms with van der Waals surface area (Å²) in [6.07, 6.45) is 7.47. The number of hydrogen-bond acceptors (Lipinski definition) is 5. The smallest absolute Gasteiger partial charge is 0.302 e. The van der Waals surface area contributed by atoms with Crippen LogP contribution >= 0.6 is 0 Å². The first-order valence-corrected chi connectivity index (χ1v) is 10.2. The summed E-state index contributed by atoms with van der Waals surface area (Å²) in [5.74, 6) is -0.813. The molecule has 5 rings (SSSR count). The Labute approximate surface area is 161 Å². The van der Waals surface area contributed by atoms with Crippen molar-refractivity contribution >= 4 is 11.8 Å². The second-order valence-electron chi connectivity index (χ2n) is 10.4. The molecule has 27 heavy (non-hydrogen) atoms. The van der Waals surface area contributed by atoms with Gasteiger partial charge < -0.3 is 14.9 Å². The molecule has 7 atom stereocenters. The fraction of sp³-hybridized carbons (Fsp3) is 0.818. The number of esters is 1. The molecule has 2 N–H and O–H groups in total. The van der Waals surface area contributed by atoms with Gasteiger partial charge >= 0.3 is 5.97 Å². The van der Waals surface area contributed by atoms with Crippen molar-refractivity contribution in [3.8, 4) is 0 Å². The predicted molar refractivity (Wildman–Crippen MR) is 99.6 cm³/mol. The molecule has 150 valence electrons. The van der Waals surface area contributed by atoms with E-state index in [1.54, 1.807) is 0 Å². The first-order valence-electron chi connectivity index (χ1n) is 10.2. The zero-order valence-electron chi connectivity index (χ0n) is 16.8. The molecule has 5 aliphatic rings. The molecular weight excluding hydrogens is 344 g/mol. The first kappa shape index (κ1) is 19.1. The van der Waals surface area contributed by atoms with Crippen LogP contribution in [0, 0.1) is 34.0 Å². The minimum absolute atomic E-state index is 0.0952. The van der Waals surface area contributed by atoms with Crippen molar-refractivity contribution in [2.24, 2.45) is 34.0 Å². The van der Waals surface area contributed by atoms with Crippen molar-refractivity contribution in [2.45, 2.75) is 71.5 Å². The largest absolute Gasteiger partial charge is 0.463 e. The van der Waals surface area contributed by atoms with E-state index in [-0.39, 0.29) is 46.6 Å². The van der Waals surface area contributed by atoms with Gasteiger partial charge in [0.15, 0.2) is 0 Å². The van der Waals surface area contributed by atoms with Crippen molar-refractivity contribution in [1.82, 2.24) is 0 Å². The van der Waals surface area contributed by atoms with Gasteiger partial charge in [-0.3, -0.25) is 9.59 Å². The third-order valence-electron chi connectivity index (χ3n) is 8.59. The lowest BCUT2D eigenvalue weighted by Gasteiger charge is -2.67. The second kappa shape index (κ2) is 5.66. The van der Waals surface area contributed by atoms with Crippen LogP contribution in [0.15, 0.2) is 12.2 Å². The Morgan fingerprint density at radius 1 is 1.26 bits per heavy atom. The molecule has 3 saturated carbocycles. The summed E-state index contributed by atoms with van der Waals surface area (Å²) in [6.45, 7) is 7.70. The summed E-state index contributed by atoms with van der Waals surface area (Å²) < 4.78 is 5.13. The van der Waals surface area contributed by atoms with Crippen LogP contribution in [0.1, 0.15) is 59.8 Å². The maximum absolute atomic E-state index is 13.6. The highest BCUT2D eigenvalue weighted by molar-refractivity contribution is 5.91. The van der Waals surface area contributed by atoms with Gasteiger partial charge in [0.1, 0.15) is 18.0 Å². The number of aliphatic hydroxyl groups excluding tert-OH is 1. The number of fused-ring (bicyclic) bond motifs is 2. The number of aliphatic hydroxyl groups is 2. The third kappa shape index (κ3) is 2.43. The summed E-state index contributed by atoms with van der Waals surface area (Å²) in [5, 5.41) is 21.8. The molecule has 0 aromatic rings. The lowest BCUT2D eigenvalue weighted by Crippen LogP contribution is -2.69. The highest BCUT2D eigenvalue weighted by atomic mass is 16.5. The molecule has 2 bridgehead atoms. The minimum atomic E-state index is -1.30. The third-order valence-corrected chi connectivity index (χ3v) is 8.59. The molecule has 1 spiro atoms. The number of hydrogen-bond donors (Lipinski definition) is 2. The van der Waals surface area contributed by atoms with E-state index in [0.717, 1.165) is 19.3 Å². The molecule has 5 nitrogen and oxygen atoms in total. The maximum atomic E-state index is 13.6. The fourth-order valence-electron chi connectivity index (χ4n) is 7.43. The van der Waals surface area contributed by atoms with Crippen LogP contribution in [0.5, 0.6) is 0 Å². The van der Waals surface area contributed by atoms with Gasteiger partial charge in [-0.25, -0.2) is 0 Å². The van der Waals surface area contributed by atoms with E-state index in [0.29, 0.717) is 12.8 Å². The van der Waals surface area contributed by atoms with E-state index in [1.807, 2.05) is 6.08 Å². The predicted octanol–water partition coefficient (Wildman–Crippen LogP) is 2.64. The van der Waals surface area contributed by atoms with E-state index in [1.165, 1.54) is 6.92 Å². The monoisotopic (exact) mass is 376 g/mol. The highest BCUT2D eigenvalue weighted by Gasteiger charge is 2.69. The number of carbonyl (C=O) groups excluding carboxylic acids is 2. The summed E-state index contributed by atoms with van der Waals surface area (Å²) in [5.41, 5.74) is -2.07. The van der Waals surface area contributed by atoms with Gasteiger partial charge in [-0.05, 0) is 48.9 Å². The Balaban J connectivity index is 1.72. The summed E-state index contributed by atoms with van der Waals surface area (Å²) in [7, 11) is 0. The number of carbonyl (C=O) groups is 2. The molecule has 0 radical (unpaired) electrons. The standard InChI is InChI=1S/C22H32O5/c1-13(23)27-12-22(26)11-21-9-5-14(22)17(25)18(21)20(4)8-7-16(24)19(2,3)15(20)6-10-21/h5,9,14-16,18,24,26H,6-8,10-12H2,1-4H3/t14-,15+,16+,18-,20+,21+,22+/m0/s1. The number of allylic oxidation sites excluding steroid dienone is 1. The number of rotatable bonds is 2. The fourth-order valence-corrected chi connectivity index (χ4v) is 7.43. The Hall–Kier alpha value is -1.20. The van der Waals surface area contributed by atoms with Gasteiger partial charge in [0, 0.05) is 18.3 Å². The summed E-state index contributed by atoms with van der Waals surface area (Å²) >= 11 is 0. The van der Waals surface area contributed by atoms with Crippen molar-refractivity contribution in [2.75, 3.05) is 6.61 Å². The van der Waals surface area contributed by atoms with Gasteiger partial charge in [-0.1, -0.05) is 32.9 Å². The molecule has 5 heteroatoms. The molecule has 0 unspecified atom stereocenters.